The van der Waals surface area contributed by atoms with E-state index < -0.39 is 10.0 Å². The van der Waals surface area contributed by atoms with Crippen molar-refractivity contribution in [2.45, 2.75) is 17.9 Å². The number of nitrogens with zero attached hydrogens (tertiary/aromatic N) is 2. The molecule has 0 aliphatic carbocycles. The second-order valence-corrected chi connectivity index (χ2v) is 8.09. The minimum Gasteiger partial charge on any atom is -0.385 e. The van der Waals surface area contributed by atoms with Gasteiger partial charge in [-0.2, -0.15) is 8.42 Å². The van der Waals surface area contributed by atoms with Crippen molar-refractivity contribution >= 4 is 21.4 Å². The highest BCUT2D eigenvalue weighted by atomic mass is 32.2. The van der Waals surface area contributed by atoms with Crippen LogP contribution in [0.5, 0.6) is 0 Å². The molecule has 3 aromatic rings. The van der Waals surface area contributed by atoms with Gasteiger partial charge in [-0.3, -0.25) is 0 Å². The molecule has 0 saturated heterocycles. The Bertz CT molecular complexity index is 1010. The predicted octanol–water partition coefficient (Wildman–Crippen LogP) is 3.54. The van der Waals surface area contributed by atoms with Gasteiger partial charge < -0.3 is 9.30 Å². The maximum Gasteiger partial charge on any atom is 0.285 e. The van der Waals surface area contributed by atoms with Crippen LogP contribution in [0.3, 0.4) is 0 Å². The Kier molecular flexibility index (Phi) is 6.03. The fourth-order valence-electron chi connectivity index (χ4n) is 2.57. The molecule has 0 aliphatic heterocycles. The van der Waals surface area contributed by atoms with Crippen molar-refractivity contribution in [2.75, 3.05) is 13.7 Å². The molecule has 1 aromatic heterocycles. The zero-order chi connectivity index (χ0) is 18.4. The minimum absolute atomic E-state index is 0.193. The third-order valence-electron chi connectivity index (χ3n) is 3.84. The van der Waals surface area contributed by atoms with Crippen molar-refractivity contribution in [3.05, 3.63) is 70.8 Å². The van der Waals surface area contributed by atoms with Crippen LogP contribution in [-0.2, 0) is 21.3 Å². The number of ether oxygens (including phenoxy) is 1. The smallest absolute Gasteiger partial charge is 0.285 e. The molecule has 0 atom stereocenters. The van der Waals surface area contributed by atoms with Gasteiger partial charge >= 0.3 is 0 Å². The summed E-state index contributed by atoms with van der Waals surface area (Å²) in [6, 6.07) is 18.2. The first-order chi connectivity index (χ1) is 12.6. The van der Waals surface area contributed by atoms with E-state index in [9.17, 15) is 8.42 Å². The lowest BCUT2D eigenvalue weighted by Gasteiger charge is -2.09. The van der Waals surface area contributed by atoms with Crippen molar-refractivity contribution < 1.29 is 13.2 Å². The molecule has 0 bridgehead atoms. The monoisotopic (exact) mass is 388 g/mol. The van der Waals surface area contributed by atoms with Crippen LogP contribution < -0.4 is 4.80 Å². The summed E-state index contributed by atoms with van der Waals surface area (Å²) in [6.07, 6.45) is 0.769. The highest BCUT2D eigenvalue weighted by Gasteiger charge is 2.14. The van der Waals surface area contributed by atoms with Gasteiger partial charge in [-0.1, -0.05) is 48.5 Å². The number of methoxy groups -OCH3 is 1. The summed E-state index contributed by atoms with van der Waals surface area (Å²) in [4.78, 5) is 0.655. The zero-order valence-corrected chi connectivity index (χ0v) is 16.0. The van der Waals surface area contributed by atoms with Gasteiger partial charge in [0.15, 0.2) is 0 Å². The van der Waals surface area contributed by atoms with Gasteiger partial charge in [0.05, 0.1) is 10.6 Å². The third kappa shape index (κ3) is 4.30. The SMILES string of the molecule is COCCCn1c(-c2ccccc2)csc1=NS(=O)(=O)c1ccccc1. The normalized spacial score (nSPS) is 12.4. The van der Waals surface area contributed by atoms with E-state index in [0.29, 0.717) is 18.0 Å². The number of rotatable bonds is 7. The first-order valence-corrected chi connectivity index (χ1v) is 10.5. The van der Waals surface area contributed by atoms with E-state index >= 15 is 0 Å². The fraction of sp³-hybridized carbons (Fsp3) is 0.211. The summed E-state index contributed by atoms with van der Waals surface area (Å²) >= 11 is 1.33. The predicted molar refractivity (Wildman–Crippen MR) is 103 cm³/mol. The number of aromatic nitrogens is 1. The molecule has 0 N–H and O–H groups in total. The van der Waals surface area contributed by atoms with Crippen LogP contribution >= 0.6 is 11.3 Å². The minimum atomic E-state index is -3.75. The van der Waals surface area contributed by atoms with Gasteiger partial charge in [0.2, 0.25) is 4.80 Å². The van der Waals surface area contributed by atoms with Gasteiger partial charge in [-0.05, 0) is 24.1 Å². The molecule has 0 radical (unpaired) electrons. The van der Waals surface area contributed by atoms with Crippen molar-refractivity contribution in [1.29, 1.82) is 0 Å². The molecule has 0 saturated carbocycles. The molecule has 136 valence electrons. The average Bonchev–Trinajstić information content (AvgIpc) is 3.05. The fourth-order valence-corrected chi connectivity index (χ4v) is 4.75. The Hall–Kier alpha value is -2.22. The molecule has 5 nitrogen and oxygen atoms in total. The molecule has 0 aliphatic rings. The summed E-state index contributed by atoms with van der Waals surface area (Å²) in [6.45, 7) is 1.23. The molecule has 2 aromatic carbocycles. The summed E-state index contributed by atoms with van der Waals surface area (Å²) in [5.74, 6) is 0. The van der Waals surface area contributed by atoms with Crippen LogP contribution in [-0.4, -0.2) is 26.7 Å². The van der Waals surface area contributed by atoms with Crippen molar-refractivity contribution in [3.8, 4) is 11.3 Å². The van der Waals surface area contributed by atoms with Crippen molar-refractivity contribution in [3.63, 3.8) is 0 Å². The van der Waals surface area contributed by atoms with E-state index in [2.05, 4.69) is 4.40 Å². The van der Waals surface area contributed by atoms with Crippen LogP contribution in [0.2, 0.25) is 0 Å². The van der Waals surface area contributed by atoms with E-state index in [0.717, 1.165) is 17.7 Å². The van der Waals surface area contributed by atoms with Gasteiger partial charge in [0.1, 0.15) is 0 Å². The number of thiazole rings is 1. The Morgan fingerprint density at radius 2 is 1.69 bits per heavy atom. The third-order valence-corrected chi connectivity index (χ3v) is 6.10. The lowest BCUT2D eigenvalue weighted by Crippen LogP contribution is -2.19. The molecular weight excluding hydrogens is 368 g/mol. The van der Waals surface area contributed by atoms with E-state index in [1.807, 2.05) is 40.3 Å². The number of hydrogen-bond acceptors (Lipinski definition) is 4. The lowest BCUT2D eigenvalue weighted by atomic mass is 10.2. The van der Waals surface area contributed by atoms with Gasteiger partial charge in [-0.15, -0.1) is 15.7 Å². The van der Waals surface area contributed by atoms with E-state index in [4.69, 9.17) is 4.74 Å². The maximum absolute atomic E-state index is 12.6. The van der Waals surface area contributed by atoms with Crippen LogP contribution in [0.1, 0.15) is 6.42 Å². The second kappa shape index (κ2) is 8.44. The molecule has 0 amide bonds. The Balaban J connectivity index is 2.08. The van der Waals surface area contributed by atoms with E-state index in [1.54, 1.807) is 37.4 Å². The van der Waals surface area contributed by atoms with E-state index in [1.165, 1.54) is 11.3 Å². The Labute approximate surface area is 157 Å². The quantitative estimate of drug-likeness (QED) is 0.582. The Morgan fingerprint density at radius 3 is 2.35 bits per heavy atom. The van der Waals surface area contributed by atoms with Gasteiger partial charge in [0, 0.05) is 25.6 Å². The second-order valence-electron chi connectivity index (χ2n) is 5.65. The summed E-state index contributed by atoms with van der Waals surface area (Å²) in [5.41, 5.74) is 1.98. The molecular formula is C19H20N2O3S2. The summed E-state index contributed by atoms with van der Waals surface area (Å²) in [7, 11) is -2.10. The van der Waals surface area contributed by atoms with Gasteiger partial charge in [-0.25, -0.2) is 0 Å². The summed E-state index contributed by atoms with van der Waals surface area (Å²) < 4.78 is 36.4. The number of benzene rings is 2. The molecule has 0 fully saturated rings. The molecule has 0 unspecified atom stereocenters. The van der Waals surface area contributed by atoms with Crippen LogP contribution in [0.4, 0.5) is 0 Å². The van der Waals surface area contributed by atoms with Gasteiger partial charge in [0.25, 0.3) is 10.0 Å². The average molecular weight is 389 g/mol. The maximum atomic E-state index is 12.6. The number of hydrogen-bond donors (Lipinski definition) is 0. The lowest BCUT2D eigenvalue weighted by molar-refractivity contribution is 0.190. The molecule has 3 rings (SSSR count). The Morgan fingerprint density at radius 1 is 1.04 bits per heavy atom. The van der Waals surface area contributed by atoms with Crippen molar-refractivity contribution in [1.82, 2.24) is 4.57 Å². The zero-order valence-electron chi connectivity index (χ0n) is 14.4. The molecule has 7 heteroatoms. The van der Waals surface area contributed by atoms with Crippen LogP contribution in [0, 0.1) is 0 Å². The molecule has 26 heavy (non-hydrogen) atoms. The first kappa shape index (κ1) is 18.6. The molecule has 0 spiro atoms. The van der Waals surface area contributed by atoms with Crippen LogP contribution in [0.25, 0.3) is 11.3 Å². The number of sulfonamides is 1. The standard InChI is InChI=1S/C19H20N2O3S2/c1-24-14-8-13-21-18(16-9-4-2-5-10-16)15-25-19(21)20-26(22,23)17-11-6-3-7-12-17/h2-7,9-12,15H,8,13-14H2,1H3. The molecule has 1 heterocycles. The van der Waals surface area contributed by atoms with Crippen molar-refractivity contribution in [2.24, 2.45) is 4.40 Å². The van der Waals surface area contributed by atoms with Crippen LogP contribution in [0.15, 0.2) is 75.3 Å². The summed E-state index contributed by atoms with van der Waals surface area (Å²) in [5, 5.41) is 1.95. The van der Waals surface area contributed by atoms with E-state index in [-0.39, 0.29) is 4.90 Å². The highest BCUT2D eigenvalue weighted by molar-refractivity contribution is 7.90. The largest absolute Gasteiger partial charge is 0.385 e. The first-order valence-electron chi connectivity index (χ1n) is 8.20. The topological polar surface area (TPSA) is 60.7 Å². The highest BCUT2D eigenvalue weighted by Crippen LogP contribution is 2.20.